The highest BCUT2D eigenvalue weighted by Crippen LogP contribution is 2.21. The van der Waals surface area contributed by atoms with Crippen molar-refractivity contribution >= 4 is 23.2 Å². The minimum absolute atomic E-state index is 0.252. The Kier molecular flexibility index (Phi) is 6.36. The SMILES string of the molecule is C[C@H](CNC(=O)c1nc(-c2ccccc2)cs1)Oc1ccc(C(=O)NO)cc1. The van der Waals surface area contributed by atoms with Crippen LogP contribution in [-0.4, -0.2) is 34.7 Å². The summed E-state index contributed by atoms with van der Waals surface area (Å²) in [5, 5.41) is 13.7. The van der Waals surface area contributed by atoms with Crippen LogP contribution in [0.25, 0.3) is 11.3 Å². The van der Waals surface area contributed by atoms with Crippen LogP contribution in [0.4, 0.5) is 0 Å². The summed E-state index contributed by atoms with van der Waals surface area (Å²) in [6, 6.07) is 16.0. The Bertz CT molecular complexity index is 942. The van der Waals surface area contributed by atoms with E-state index in [9.17, 15) is 9.59 Å². The number of aromatic nitrogens is 1. The normalized spacial score (nSPS) is 11.5. The first-order valence-electron chi connectivity index (χ1n) is 8.57. The van der Waals surface area contributed by atoms with E-state index in [0.29, 0.717) is 22.9 Å². The van der Waals surface area contributed by atoms with Gasteiger partial charge in [-0.25, -0.2) is 10.5 Å². The molecule has 0 fully saturated rings. The lowest BCUT2D eigenvalue weighted by Crippen LogP contribution is -2.33. The Morgan fingerprint density at radius 2 is 1.82 bits per heavy atom. The molecule has 0 saturated carbocycles. The smallest absolute Gasteiger partial charge is 0.280 e. The van der Waals surface area contributed by atoms with Gasteiger partial charge in [0.2, 0.25) is 0 Å². The standard InChI is InChI=1S/C20H19N3O4S/c1-13(27-16-9-7-15(8-10-16)18(24)23-26)11-21-19(25)20-22-17(12-28-20)14-5-3-2-4-6-14/h2-10,12-13,26H,11H2,1H3,(H,21,25)(H,23,24)/t13-/m1/s1. The first-order valence-corrected chi connectivity index (χ1v) is 9.45. The zero-order valence-electron chi connectivity index (χ0n) is 15.1. The van der Waals surface area contributed by atoms with Gasteiger partial charge in [-0.1, -0.05) is 30.3 Å². The van der Waals surface area contributed by atoms with E-state index in [2.05, 4.69) is 10.3 Å². The molecule has 2 amide bonds. The van der Waals surface area contributed by atoms with Crippen LogP contribution in [0.2, 0.25) is 0 Å². The number of amides is 2. The van der Waals surface area contributed by atoms with E-state index in [-0.39, 0.29) is 12.0 Å². The Morgan fingerprint density at radius 1 is 1.11 bits per heavy atom. The number of nitrogens with zero attached hydrogens (tertiary/aromatic N) is 1. The summed E-state index contributed by atoms with van der Waals surface area (Å²) in [5.41, 5.74) is 3.62. The predicted octanol–water partition coefficient (Wildman–Crippen LogP) is 3.13. The Labute approximate surface area is 166 Å². The van der Waals surface area contributed by atoms with Gasteiger partial charge < -0.3 is 10.1 Å². The van der Waals surface area contributed by atoms with Crippen molar-refractivity contribution in [1.29, 1.82) is 0 Å². The average Bonchev–Trinajstić information content (AvgIpc) is 3.23. The number of carbonyl (C=O) groups excluding carboxylic acids is 2. The van der Waals surface area contributed by atoms with Crippen LogP contribution < -0.4 is 15.5 Å². The first-order chi connectivity index (χ1) is 13.6. The van der Waals surface area contributed by atoms with Crippen molar-refractivity contribution in [3.63, 3.8) is 0 Å². The summed E-state index contributed by atoms with van der Waals surface area (Å²) in [7, 11) is 0. The molecule has 0 radical (unpaired) electrons. The summed E-state index contributed by atoms with van der Waals surface area (Å²) in [4.78, 5) is 28.0. The fourth-order valence-electron chi connectivity index (χ4n) is 2.45. The molecule has 0 unspecified atom stereocenters. The van der Waals surface area contributed by atoms with E-state index in [1.807, 2.05) is 42.6 Å². The van der Waals surface area contributed by atoms with Crippen molar-refractivity contribution in [2.45, 2.75) is 13.0 Å². The summed E-state index contributed by atoms with van der Waals surface area (Å²) < 4.78 is 5.72. The first kappa shape index (κ1) is 19.5. The quantitative estimate of drug-likeness (QED) is 0.420. The highest BCUT2D eigenvalue weighted by Gasteiger charge is 2.14. The number of thiazole rings is 1. The lowest BCUT2D eigenvalue weighted by Gasteiger charge is -2.15. The van der Waals surface area contributed by atoms with E-state index >= 15 is 0 Å². The van der Waals surface area contributed by atoms with Crippen LogP contribution in [-0.2, 0) is 0 Å². The van der Waals surface area contributed by atoms with E-state index in [4.69, 9.17) is 9.94 Å². The van der Waals surface area contributed by atoms with Gasteiger partial charge in [0.1, 0.15) is 11.9 Å². The van der Waals surface area contributed by atoms with Crippen molar-refractivity contribution in [1.82, 2.24) is 15.8 Å². The number of hydrogen-bond donors (Lipinski definition) is 3. The molecule has 7 nitrogen and oxygen atoms in total. The van der Waals surface area contributed by atoms with Crippen LogP contribution in [0, 0.1) is 0 Å². The number of hydrogen-bond acceptors (Lipinski definition) is 6. The van der Waals surface area contributed by atoms with Crippen LogP contribution in [0.3, 0.4) is 0 Å². The number of rotatable bonds is 7. The Hall–Kier alpha value is -3.23. The molecule has 0 aliphatic carbocycles. The molecule has 3 N–H and O–H groups in total. The molecule has 1 aromatic heterocycles. The van der Waals surface area contributed by atoms with Gasteiger partial charge in [0.25, 0.3) is 11.8 Å². The maximum Gasteiger partial charge on any atom is 0.280 e. The predicted molar refractivity (Wildman–Crippen MR) is 106 cm³/mol. The Balaban J connectivity index is 1.52. The molecule has 8 heteroatoms. The van der Waals surface area contributed by atoms with Crippen LogP contribution in [0.5, 0.6) is 5.75 Å². The van der Waals surface area contributed by atoms with E-state index in [1.54, 1.807) is 17.6 Å². The second kappa shape index (κ2) is 9.12. The van der Waals surface area contributed by atoms with Crippen molar-refractivity contribution in [3.05, 3.63) is 70.5 Å². The molecule has 0 saturated heterocycles. The van der Waals surface area contributed by atoms with Crippen molar-refractivity contribution in [3.8, 4) is 17.0 Å². The highest BCUT2D eigenvalue weighted by atomic mass is 32.1. The maximum atomic E-state index is 12.3. The monoisotopic (exact) mass is 397 g/mol. The van der Waals surface area contributed by atoms with Gasteiger partial charge in [0.15, 0.2) is 5.01 Å². The summed E-state index contributed by atoms with van der Waals surface area (Å²) >= 11 is 1.29. The van der Waals surface area contributed by atoms with Crippen molar-refractivity contribution in [2.75, 3.05) is 6.54 Å². The molecule has 1 atom stereocenters. The highest BCUT2D eigenvalue weighted by molar-refractivity contribution is 7.12. The number of ether oxygens (including phenoxy) is 1. The van der Waals surface area contributed by atoms with Gasteiger partial charge >= 0.3 is 0 Å². The third-order valence-corrected chi connectivity index (χ3v) is 4.71. The zero-order chi connectivity index (χ0) is 19.9. The number of benzene rings is 2. The van der Waals surface area contributed by atoms with Gasteiger partial charge in [0, 0.05) is 16.5 Å². The minimum atomic E-state index is -0.592. The third kappa shape index (κ3) is 4.93. The molecular formula is C20H19N3O4S. The van der Waals surface area contributed by atoms with Crippen molar-refractivity contribution < 1.29 is 19.5 Å². The number of nitrogens with one attached hydrogen (secondary N) is 2. The fraction of sp³-hybridized carbons (Fsp3) is 0.150. The second-order valence-corrected chi connectivity index (χ2v) is 6.87. The largest absolute Gasteiger partial charge is 0.489 e. The third-order valence-electron chi connectivity index (χ3n) is 3.87. The van der Waals surface area contributed by atoms with Crippen LogP contribution >= 0.6 is 11.3 Å². The molecular weight excluding hydrogens is 378 g/mol. The molecule has 0 bridgehead atoms. The van der Waals surface area contributed by atoms with Gasteiger partial charge in [-0.2, -0.15) is 0 Å². The summed E-state index contributed by atoms with van der Waals surface area (Å²) in [6.45, 7) is 2.13. The average molecular weight is 397 g/mol. The van der Waals surface area contributed by atoms with Gasteiger partial charge in [0.05, 0.1) is 12.2 Å². The summed E-state index contributed by atoms with van der Waals surface area (Å²) in [6.07, 6.45) is -0.282. The molecule has 2 aromatic carbocycles. The minimum Gasteiger partial charge on any atom is -0.489 e. The van der Waals surface area contributed by atoms with Crippen LogP contribution in [0.1, 0.15) is 27.1 Å². The second-order valence-electron chi connectivity index (χ2n) is 6.01. The molecule has 3 aromatic rings. The van der Waals surface area contributed by atoms with Gasteiger partial charge in [-0.15, -0.1) is 11.3 Å². The van der Waals surface area contributed by atoms with E-state index in [0.717, 1.165) is 11.3 Å². The topological polar surface area (TPSA) is 101 Å². The molecule has 0 aliphatic rings. The van der Waals surface area contributed by atoms with Gasteiger partial charge in [-0.3, -0.25) is 14.8 Å². The fourth-order valence-corrected chi connectivity index (χ4v) is 3.20. The van der Waals surface area contributed by atoms with Crippen molar-refractivity contribution in [2.24, 2.45) is 0 Å². The Morgan fingerprint density at radius 3 is 2.50 bits per heavy atom. The molecule has 28 heavy (non-hydrogen) atoms. The lowest BCUT2D eigenvalue weighted by molar-refractivity contribution is 0.0706. The van der Waals surface area contributed by atoms with E-state index in [1.165, 1.54) is 23.5 Å². The zero-order valence-corrected chi connectivity index (χ0v) is 15.9. The molecule has 0 spiro atoms. The molecule has 0 aliphatic heterocycles. The lowest BCUT2D eigenvalue weighted by atomic mass is 10.2. The number of hydroxylamine groups is 1. The molecule has 3 rings (SSSR count). The summed E-state index contributed by atoms with van der Waals surface area (Å²) in [5.74, 6) is -0.292. The number of carbonyl (C=O) groups is 2. The van der Waals surface area contributed by atoms with E-state index < -0.39 is 5.91 Å². The molecule has 1 heterocycles. The van der Waals surface area contributed by atoms with Gasteiger partial charge in [-0.05, 0) is 31.2 Å². The van der Waals surface area contributed by atoms with Crippen LogP contribution in [0.15, 0.2) is 60.0 Å². The molecule has 144 valence electrons. The maximum absolute atomic E-state index is 12.3.